The lowest BCUT2D eigenvalue weighted by Crippen LogP contribution is -2.45. The van der Waals surface area contributed by atoms with Crippen molar-refractivity contribution < 1.29 is 4.39 Å². The van der Waals surface area contributed by atoms with E-state index in [-0.39, 0.29) is 36.7 Å². The Morgan fingerprint density at radius 2 is 2.00 bits per heavy atom. The summed E-state index contributed by atoms with van der Waals surface area (Å²) < 4.78 is 14.4. The first-order chi connectivity index (χ1) is 9.15. The molecule has 1 atom stereocenters. The summed E-state index contributed by atoms with van der Waals surface area (Å²) in [5.74, 6) is -0.183. The third-order valence-corrected chi connectivity index (χ3v) is 3.96. The fraction of sp³-hybridized carbons (Fsp3) is 0.467. The Balaban J connectivity index is 0.00000200. The van der Waals surface area contributed by atoms with Gasteiger partial charge in [-0.25, -0.2) is 4.39 Å². The second-order valence-corrected chi connectivity index (χ2v) is 5.33. The summed E-state index contributed by atoms with van der Waals surface area (Å²) in [6.07, 6.45) is 2.55. The van der Waals surface area contributed by atoms with Gasteiger partial charge in [-0.3, -0.25) is 4.90 Å². The number of aryl methyl sites for hydroxylation is 1. The van der Waals surface area contributed by atoms with Crippen molar-refractivity contribution in [1.29, 1.82) is 0 Å². The smallest absolute Gasteiger partial charge is 0.132 e. The molecule has 0 aliphatic carbocycles. The summed E-state index contributed by atoms with van der Waals surface area (Å²) in [4.78, 5) is 2.28. The normalized spacial score (nSPS) is 16.5. The predicted molar refractivity (Wildman–Crippen MR) is 92.6 cm³/mol. The Bertz CT molecular complexity index is 462. The minimum Gasteiger partial charge on any atom is -0.314 e. The summed E-state index contributed by atoms with van der Waals surface area (Å²) in [6.45, 7) is 9.24. The van der Waals surface area contributed by atoms with Crippen molar-refractivity contribution in [1.82, 2.24) is 10.2 Å². The Morgan fingerprint density at radius 3 is 2.57 bits per heavy atom. The van der Waals surface area contributed by atoms with Crippen LogP contribution < -0.4 is 5.32 Å². The molecule has 2 nitrogen and oxygen atoms in total. The fourth-order valence-electron chi connectivity index (χ4n) is 2.58. The molecule has 0 radical (unpaired) electrons. The van der Waals surface area contributed by atoms with Gasteiger partial charge in [0.1, 0.15) is 5.82 Å². The first-order valence-electron chi connectivity index (χ1n) is 6.65. The summed E-state index contributed by atoms with van der Waals surface area (Å²) in [6, 6.07) is 3.49. The maximum atomic E-state index is 14.4. The van der Waals surface area contributed by atoms with E-state index < -0.39 is 0 Å². The van der Waals surface area contributed by atoms with Crippen LogP contribution in [0.3, 0.4) is 0 Å². The van der Waals surface area contributed by atoms with E-state index in [9.17, 15) is 4.39 Å². The highest BCUT2D eigenvalue weighted by Gasteiger charge is 2.26. The zero-order chi connectivity index (χ0) is 13.8. The number of nitrogens with zero attached hydrogens (tertiary/aromatic N) is 1. The molecule has 6 heteroatoms. The van der Waals surface area contributed by atoms with Crippen LogP contribution in [0, 0.1) is 12.7 Å². The minimum absolute atomic E-state index is 0. The molecule has 1 aromatic rings. The van der Waals surface area contributed by atoms with Gasteiger partial charge in [-0.15, -0.1) is 31.4 Å². The van der Waals surface area contributed by atoms with Gasteiger partial charge >= 0.3 is 0 Å². The zero-order valence-electron chi connectivity index (χ0n) is 12.1. The average molecular weight is 356 g/mol. The maximum absolute atomic E-state index is 14.4. The number of rotatable bonds is 4. The van der Waals surface area contributed by atoms with Gasteiger partial charge in [-0.2, -0.15) is 0 Å². The molecule has 0 aromatic heterocycles. The molecule has 1 saturated heterocycles. The van der Waals surface area contributed by atoms with Crippen molar-refractivity contribution in [3.8, 4) is 0 Å². The van der Waals surface area contributed by atoms with Crippen molar-refractivity contribution in [3.05, 3.63) is 46.8 Å². The highest BCUT2D eigenvalue weighted by atomic mass is 35.5. The van der Waals surface area contributed by atoms with E-state index in [1.165, 1.54) is 0 Å². The second kappa shape index (κ2) is 9.65. The van der Waals surface area contributed by atoms with Crippen molar-refractivity contribution in [2.45, 2.75) is 19.4 Å². The molecule has 1 aliphatic heterocycles. The number of benzene rings is 1. The van der Waals surface area contributed by atoms with Crippen LogP contribution >= 0.6 is 36.4 Å². The lowest BCUT2D eigenvalue weighted by molar-refractivity contribution is 0.171. The molecule has 1 aromatic carbocycles. The van der Waals surface area contributed by atoms with E-state index in [0.717, 1.165) is 26.2 Å². The Kier molecular flexibility index (Phi) is 9.50. The van der Waals surface area contributed by atoms with Crippen LogP contribution in [-0.4, -0.2) is 31.1 Å². The summed E-state index contributed by atoms with van der Waals surface area (Å²) in [5.41, 5.74) is 1.26. The first kappa shape index (κ1) is 20.7. The zero-order valence-corrected chi connectivity index (χ0v) is 14.5. The quantitative estimate of drug-likeness (QED) is 0.816. The Hall–Kier alpha value is -0.320. The number of hydrogen-bond acceptors (Lipinski definition) is 2. The largest absolute Gasteiger partial charge is 0.314 e. The van der Waals surface area contributed by atoms with Crippen LogP contribution in [0.25, 0.3) is 0 Å². The topological polar surface area (TPSA) is 15.3 Å². The third kappa shape index (κ3) is 4.83. The van der Waals surface area contributed by atoms with Crippen molar-refractivity contribution in [3.63, 3.8) is 0 Å². The van der Waals surface area contributed by atoms with Crippen molar-refractivity contribution >= 4 is 36.4 Å². The molecule has 0 amide bonds. The van der Waals surface area contributed by atoms with Crippen LogP contribution in [0.15, 0.2) is 24.8 Å². The van der Waals surface area contributed by atoms with E-state index in [4.69, 9.17) is 11.6 Å². The maximum Gasteiger partial charge on any atom is 0.132 e. The van der Waals surface area contributed by atoms with E-state index in [0.29, 0.717) is 22.6 Å². The number of halogens is 4. The highest BCUT2D eigenvalue weighted by molar-refractivity contribution is 6.31. The summed E-state index contributed by atoms with van der Waals surface area (Å²) >= 11 is 6.23. The number of hydrogen-bond donors (Lipinski definition) is 1. The molecule has 21 heavy (non-hydrogen) atoms. The average Bonchev–Trinajstić information content (AvgIpc) is 2.43. The molecular formula is C15H22Cl3FN2. The van der Waals surface area contributed by atoms with Gasteiger partial charge < -0.3 is 5.32 Å². The van der Waals surface area contributed by atoms with Gasteiger partial charge in [-0.05, 0) is 25.0 Å². The van der Waals surface area contributed by atoms with Gasteiger partial charge in [0.25, 0.3) is 0 Å². The van der Waals surface area contributed by atoms with E-state index in [2.05, 4.69) is 16.8 Å². The van der Waals surface area contributed by atoms with Crippen LogP contribution in [0.4, 0.5) is 4.39 Å². The van der Waals surface area contributed by atoms with Gasteiger partial charge in [-0.1, -0.05) is 23.7 Å². The SMILES string of the molecule is C=CC[C@@H](c1c(Cl)ccc(C)c1F)N1CCNCC1.Cl.Cl. The lowest BCUT2D eigenvalue weighted by atomic mass is 9.98. The summed E-state index contributed by atoms with van der Waals surface area (Å²) in [7, 11) is 0. The van der Waals surface area contributed by atoms with Gasteiger partial charge in [0, 0.05) is 42.8 Å². The third-order valence-electron chi connectivity index (χ3n) is 3.64. The van der Waals surface area contributed by atoms with Crippen molar-refractivity contribution in [2.24, 2.45) is 0 Å². The lowest BCUT2D eigenvalue weighted by Gasteiger charge is -2.35. The van der Waals surface area contributed by atoms with Gasteiger partial charge in [0.2, 0.25) is 0 Å². The monoisotopic (exact) mass is 354 g/mol. The van der Waals surface area contributed by atoms with E-state index in [1.54, 1.807) is 19.1 Å². The molecule has 2 rings (SSSR count). The Labute approximate surface area is 143 Å². The molecule has 1 N–H and O–H groups in total. The van der Waals surface area contributed by atoms with Gasteiger partial charge in [0.15, 0.2) is 0 Å². The molecule has 0 unspecified atom stereocenters. The molecular weight excluding hydrogens is 334 g/mol. The first-order valence-corrected chi connectivity index (χ1v) is 7.03. The minimum atomic E-state index is -0.183. The van der Waals surface area contributed by atoms with Crippen molar-refractivity contribution in [2.75, 3.05) is 26.2 Å². The molecule has 0 bridgehead atoms. The standard InChI is InChI=1S/C15H20ClFN2.2ClH/c1-3-4-13(19-9-7-18-8-10-19)14-12(16)6-5-11(2)15(14)17;;/h3,5-6,13,18H,1,4,7-10H2,2H3;2*1H/t13-;;/m0../s1. The molecule has 1 fully saturated rings. The summed E-state index contributed by atoms with van der Waals surface area (Å²) in [5, 5.41) is 3.82. The Morgan fingerprint density at radius 1 is 1.38 bits per heavy atom. The highest BCUT2D eigenvalue weighted by Crippen LogP contribution is 2.34. The second-order valence-electron chi connectivity index (χ2n) is 4.92. The predicted octanol–water partition coefficient (Wildman–Crippen LogP) is 4.15. The van der Waals surface area contributed by atoms with Crippen LogP contribution in [-0.2, 0) is 0 Å². The van der Waals surface area contributed by atoms with Crippen LogP contribution in [0.2, 0.25) is 5.02 Å². The van der Waals surface area contributed by atoms with E-state index >= 15 is 0 Å². The van der Waals surface area contributed by atoms with Crippen LogP contribution in [0.5, 0.6) is 0 Å². The molecule has 0 spiro atoms. The molecule has 1 heterocycles. The molecule has 120 valence electrons. The fourth-order valence-corrected chi connectivity index (χ4v) is 2.86. The number of nitrogens with one attached hydrogen (secondary N) is 1. The van der Waals surface area contributed by atoms with Crippen LogP contribution in [0.1, 0.15) is 23.6 Å². The molecule has 1 aliphatic rings. The molecule has 0 saturated carbocycles. The number of piperazine rings is 1. The van der Waals surface area contributed by atoms with E-state index in [1.807, 2.05) is 6.08 Å². The van der Waals surface area contributed by atoms with Gasteiger partial charge in [0.05, 0.1) is 0 Å².